The highest BCUT2D eigenvalue weighted by Gasteiger charge is 2.15. The number of urea groups is 1. The molecule has 2 N–H and O–H groups in total. The van der Waals surface area contributed by atoms with Crippen LogP contribution in [0.4, 0.5) is 4.79 Å². The molecule has 7 heteroatoms. The van der Waals surface area contributed by atoms with Gasteiger partial charge in [0.2, 0.25) is 0 Å². The number of carbonyl (C=O) groups is 1. The number of nitrogens with one attached hydrogen (secondary N) is 2. The van der Waals surface area contributed by atoms with Gasteiger partial charge in [-0.2, -0.15) is 0 Å². The second kappa shape index (κ2) is 8.12. The molecule has 1 aliphatic rings. The van der Waals surface area contributed by atoms with Crippen LogP contribution in [-0.2, 0) is 11.2 Å². The summed E-state index contributed by atoms with van der Waals surface area (Å²) in [5, 5.41) is 5.88. The molecule has 0 spiro atoms. The molecule has 0 aromatic carbocycles. The lowest BCUT2D eigenvalue weighted by atomic mass is 10.3. The fraction of sp³-hybridized carbons (Fsp3) is 0.529. The summed E-state index contributed by atoms with van der Waals surface area (Å²) < 4.78 is 7.32. The first-order chi connectivity index (χ1) is 11.7. The molecule has 2 amide bonds. The molecule has 0 radical (unpaired) electrons. The number of fused-ring (bicyclic) bond motifs is 1. The third-order valence-electron chi connectivity index (χ3n) is 4.09. The first-order valence-corrected chi connectivity index (χ1v) is 8.48. The summed E-state index contributed by atoms with van der Waals surface area (Å²) in [6.07, 6.45) is 4.68. The number of hydrogen-bond acceptors (Lipinski definition) is 4. The van der Waals surface area contributed by atoms with Crippen molar-refractivity contribution in [2.24, 2.45) is 0 Å². The van der Waals surface area contributed by atoms with Gasteiger partial charge in [-0.1, -0.05) is 6.07 Å². The Morgan fingerprint density at radius 3 is 3.00 bits per heavy atom. The minimum Gasteiger partial charge on any atom is -0.379 e. The predicted molar refractivity (Wildman–Crippen MR) is 92.2 cm³/mol. The van der Waals surface area contributed by atoms with E-state index >= 15 is 0 Å². The zero-order chi connectivity index (χ0) is 16.8. The molecule has 2 aromatic heterocycles. The molecule has 130 valence electrons. The Bertz CT molecular complexity index is 633. The maximum Gasteiger partial charge on any atom is 0.315 e. The van der Waals surface area contributed by atoms with Crippen LogP contribution >= 0.6 is 0 Å². The van der Waals surface area contributed by atoms with Crippen molar-refractivity contribution in [3.8, 4) is 0 Å². The number of aromatic nitrogens is 2. The van der Waals surface area contributed by atoms with Gasteiger partial charge in [0, 0.05) is 51.0 Å². The molecule has 0 bridgehead atoms. The Kier molecular flexibility index (Phi) is 5.66. The maximum atomic E-state index is 12.0. The average Bonchev–Trinajstić information content (AvgIpc) is 2.98. The van der Waals surface area contributed by atoms with Gasteiger partial charge >= 0.3 is 6.03 Å². The molecule has 24 heavy (non-hydrogen) atoms. The van der Waals surface area contributed by atoms with Gasteiger partial charge in [0.05, 0.1) is 18.9 Å². The SMILES string of the molecule is C[C@H](CN1CCOCC1)NC(=O)NCCc1cn2ccccc2n1. The summed E-state index contributed by atoms with van der Waals surface area (Å²) in [6.45, 7) is 6.86. The van der Waals surface area contributed by atoms with E-state index in [-0.39, 0.29) is 12.1 Å². The number of ether oxygens (including phenoxy) is 1. The van der Waals surface area contributed by atoms with Crippen LogP contribution < -0.4 is 10.6 Å². The zero-order valence-corrected chi connectivity index (χ0v) is 14.1. The van der Waals surface area contributed by atoms with Crippen molar-refractivity contribution in [1.82, 2.24) is 24.9 Å². The van der Waals surface area contributed by atoms with Crippen molar-refractivity contribution in [2.45, 2.75) is 19.4 Å². The third kappa shape index (κ3) is 4.69. The van der Waals surface area contributed by atoms with Crippen LogP contribution in [0, 0.1) is 0 Å². The van der Waals surface area contributed by atoms with Crippen LogP contribution in [0.25, 0.3) is 5.65 Å². The van der Waals surface area contributed by atoms with Crippen molar-refractivity contribution in [3.05, 3.63) is 36.3 Å². The van der Waals surface area contributed by atoms with Gasteiger partial charge in [0.1, 0.15) is 5.65 Å². The molecule has 1 atom stereocenters. The molecule has 3 rings (SSSR count). The van der Waals surface area contributed by atoms with Gasteiger partial charge in [0.15, 0.2) is 0 Å². The lowest BCUT2D eigenvalue weighted by molar-refractivity contribution is 0.0349. The second-order valence-electron chi connectivity index (χ2n) is 6.16. The van der Waals surface area contributed by atoms with E-state index in [9.17, 15) is 4.79 Å². The Balaban J connectivity index is 1.37. The summed E-state index contributed by atoms with van der Waals surface area (Å²) in [6, 6.07) is 5.89. The number of carbonyl (C=O) groups excluding carboxylic acids is 1. The minimum absolute atomic E-state index is 0.110. The summed E-state index contributed by atoms with van der Waals surface area (Å²) in [5.74, 6) is 0. The Morgan fingerprint density at radius 1 is 1.38 bits per heavy atom. The van der Waals surface area contributed by atoms with Crippen LogP contribution in [0.2, 0.25) is 0 Å². The van der Waals surface area contributed by atoms with Crippen molar-refractivity contribution >= 4 is 11.7 Å². The van der Waals surface area contributed by atoms with Crippen molar-refractivity contribution < 1.29 is 9.53 Å². The minimum atomic E-state index is -0.125. The number of imidazole rings is 1. The van der Waals surface area contributed by atoms with Crippen LogP contribution in [0.5, 0.6) is 0 Å². The highest BCUT2D eigenvalue weighted by Crippen LogP contribution is 2.04. The second-order valence-corrected chi connectivity index (χ2v) is 6.16. The molecule has 0 unspecified atom stereocenters. The summed E-state index contributed by atoms with van der Waals surface area (Å²) >= 11 is 0. The van der Waals surface area contributed by atoms with E-state index in [2.05, 4.69) is 20.5 Å². The monoisotopic (exact) mass is 331 g/mol. The number of rotatable bonds is 6. The van der Waals surface area contributed by atoms with E-state index in [1.807, 2.05) is 41.9 Å². The molecular weight excluding hydrogens is 306 g/mol. The van der Waals surface area contributed by atoms with E-state index in [4.69, 9.17) is 4.74 Å². The molecule has 7 nitrogen and oxygen atoms in total. The summed E-state index contributed by atoms with van der Waals surface area (Å²) in [5.41, 5.74) is 1.90. The molecular formula is C17H25N5O2. The first kappa shape index (κ1) is 16.7. The Morgan fingerprint density at radius 2 is 2.21 bits per heavy atom. The van der Waals surface area contributed by atoms with Crippen LogP contribution in [0.1, 0.15) is 12.6 Å². The number of pyridine rings is 1. The normalized spacial score (nSPS) is 16.9. The fourth-order valence-corrected chi connectivity index (χ4v) is 2.90. The molecule has 1 fully saturated rings. The Labute approximate surface area is 142 Å². The largest absolute Gasteiger partial charge is 0.379 e. The highest BCUT2D eigenvalue weighted by atomic mass is 16.5. The lowest BCUT2D eigenvalue weighted by Crippen LogP contribution is -2.48. The molecule has 2 aromatic rings. The van der Waals surface area contributed by atoms with Crippen molar-refractivity contribution in [1.29, 1.82) is 0 Å². The summed E-state index contributed by atoms with van der Waals surface area (Å²) in [4.78, 5) is 18.8. The van der Waals surface area contributed by atoms with Crippen LogP contribution in [0.3, 0.4) is 0 Å². The summed E-state index contributed by atoms with van der Waals surface area (Å²) in [7, 11) is 0. The van der Waals surface area contributed by atoms with E-state index in [0.717, 1.165) is 44.2 Å². The predicted octanol–water partition coefficient (Wildman–Crippen LogP) is 0.897. The zero-order valence-electron chi connectivity index (χ0n) is 14.1. The van der Waals surface area contributed by atoms with Crippen LogP contribution in [0.15, 0.2) is 30.6 Å². The van der Waals surface area contributed by atoms with Gasteiger partial charge in [-0.15, -0.1) is 0 Å². The van der Waals surface area contributed by atoms with Crippen molar-refractivity contribution in [3.63, 3.8) is 0 Å². The van der Waals surface area contributed by atoms with Crippen LogP contribution in [-0.4, -0.2) is 65.8 Å². The first-order valence-electron chi connectivity index (χ1n) is 8.48. The van der Waals surface area contributed by atoms with E-state index < -0.39 is 0 Å². The molecule has 0 aliphatic carbocycles. The van der Waals surface area contributed by atoms with E-state index in [1.54, 1.807) is 0 Å². The smallest absolute Gasteiger partial charge is 0.315 e. The van der Waals surface area contributed by atoms with Crippen molar-refractivity contribution in [2.75, 3.05) is 39.4 Å². The standard InChI is InChI=1S/C17H25N5O2/c1-14(12-21-8-10-24-11-9-21)19-17(23)18-6-5-15-13-22-7-3-2-4-16(22)20-15/h2-4,7,13-14H,5-6,8-12H2,1H3,(H2,18,19,23)/t14-/m1/s1. The average molecular weight is 331 g/mol. The quantitative estimate of drug-likeness (QED) is 0.825. The van der Waals surface area contributed by atoms with E-state index in [0.29, 0.717) is 13.0 Å². The molecule has 1 aliphatic heterocycles. The van der Waals surface area contributed by atoms with E-state index in [1.165, 1.54) is 0 Å². The van der Waals surface area contributed by atoms with Gasteiger partial charge in [0.25, 0.3) is 0 Å². The molecule has 0 saturated carbocycles. The topological polar surface area (TPSA) is 70.9 Å². The number of morpholine rings is 1. The number of amides is 2. The number of hydrogen-bond donors (Lipinski definition) is 2. The van der Waals surface area contributed by atoms with Gasteiger partial charge in [-0.05, 0) is 19.1 Å². The number of nitrogens with zero attached hydrogens (tertiary/aromatic N) is 3. The van der Waals surface area contributed by atoms with Gasteiger partial charge in [-0.25, -0.2) is 9.78 Å². The molecule has 1 saturated heterocycles. The third-order valence-corrected chi connectivity index (χ3v) is 4.09. The Hall–Kier alpha value is -2.12. The lowest BCUT2D eigenvalue weighted by Gasteiger charge is -2.29. The molecule has 3 heterocycles. The van der Waals surface area contributed by atoms with Gasteiger partial charge < -0.3 is 19.8 Å². The maximum absolute atomic E-state index is 12.0. The fourth-order valence-electron chi connectivity index (χ4n) is 2.90. The highest BCUT2D eigenvalue weighted by molar-refractivity contribution is 5.74. The van der Waals surface area contributed by atoms with Gasteiger partial charge in [-0.3, -0.25) is 4.90 Å².